The molecule has 4 saturated carbocycles. The molecule has 51 heavy (non-hydrogen) atoms. The molecule has 2 aliphatic heterocycles. The second kappa shape index (κ2) is 13.8. The lowest BCUT2D eigenvalue weighted by Gasteiger charge is -2.64. The van der Waals surface area contributed by atoms with Crippen LogP contribution in [0.4, 0.5) is 0 Å². The zero-order valence-corrected chi connectivity index (χ0v) is 29.9. The van der Waals surface area contributed by atoms with E-state index in [1.807, 2.05) is 6.07 Å². The second-order valence-corrected chi connectivity index (χ2v) is 16.9. The van der Waals surface area contributed by atoms with Crippen molar-refractivity contribution in [3.63, 3.8) is 0 Å². The highest BCUT2D eigenvalue weighted by atomic mass is 16.7. The van der Waals surface area contributed by atoms with Crippen LogP contribution in [0.5, 0.6) is 0 Å². The minimum atomic E-state index is -1.50. The number of hydrogen-bond acceptors (Lipinski definition) is 12. The lowest BCUT2D eigenvalue weighted by Crippen LogP contribution is -2.65. The maximum Gasteiger partial charge on any atom is 0.335 e. The molecule has 14 atom stereocenters. The zero-order valence-electron chi connectivity index (χ0n) is 29.9. The Morgan fingerprint density at radius 2 is 1.71 bits per heavy atom. The maximum absolute atomic E-state index is 13.2. The molecule has 5 N–H and O–H groups in total. The summed E-state index contributed by atoms with van der Waals surface area (Å²) in [6.45, 7) is 8.27. The molecule has 1 aromatic rings. The number of carbonyl (C=O) groups excluding carboxylic acids is 1. The van der Waals surface area contributed by atoms with E-state index >= 15 is 0 Å². The Morgan fingerprint density at radius 3 is 2.45 bits per heavy atom. The van der Waals surface area contributed by atoms with E-state index in [0.717, 1.165) is 56.9 Å². The predicted molar refractivity (Wildman–Crippen MR) is 182 cm³/mol. The monoisotopic (exact) mass is 716 g/mol. The summed E-state index contributed by atoms with van der Waals surface area (Å²) in [6, 6.07) is 3.43. The number of ether oxygens (including phenoxy) is 4. The molecule has 0 radical (unpaired) electrons. The van der Waals surface area contributed by atoms with Gasteiger partial charge in [0.1, 0.15) is 30.0 Å². The largest absolute Gasteiger partial charge is 0.467 e. The highest BCUT2D eigenvalue weighted by Gasteiger charge is 2.81. The lowest BCUT2D eigenvalue weighted by atomic mass is 9.42. The molecule has 284 valence electrons. The van der Waals surface area contributed by atoms with Crippen LogP contribution >= 0.6 is 0 Å². The molecule has 1 spiro atoms. The highest BCUT2D eigenvalue weighted by molar-refractivity contribution is 5.72. The van der Waals surface area contributed by atoms with Crippen LogP contribution in [-0.2, 0) is 23.7 Å². The average Bonchev–Trinajstić information content (AvgIpc) is 3.77. The fraction of sp³-hybridized carbons (Fsp3) is 0.795. The smallest absolute Gasteiger partial charge is 0.335 e. The van der Waals surface area contributed by atoms with Crippen molar-refractivity contribution in [3.05, 3.63) is 46.7 Å². The zero-order chi connectivity index (χ0) is 36.3. The normalized spacial score (nSPS) is 45.5. The summed E-state index contributed by atoms with van der Waals surface area (Å²) in [6.07, 6.45) is 5.14. The van der Waals surface area contributed by atoms with Gasteiger partial charge in [0.2, 0.25) is 6.29 Å². The Bertz CT molecular complexity index is 1490. The first-order valence-corrected chi connectivity index (χ1v) is 19.1. The number of unbranched alkanes of at least 4 members (excludes halogenated alkanes) is 3. The van der Waals surface area contributed by atoms with Crippen molar-refractivity contribution in [1.29, 1.82) is 0 Å². The van der Waals surface area contributed by atoms with E-state index in [2.05, 4.69) is 20.4 Å². The van der Waals surface area contributed by atoms with Gasteiger partial charge in [-0.15, -0.1) is 0 Å². The van der Waals surface area contributed by atoms with E-state index < -0.39 is 42.9 Å². The van der Waals surface area contributed by atoms with Gasteiger partial charge in [-0.25, -0.2) is 4.79 Å². The molecule has 12 nitrogen and oxygen atoms in total. The van der Waals surface area contributed by atoms with Gasteiger partial charge < -0.3 is 48.9 Å². The number of carbonyl (C=O) groups is 1. The Labute approximate surface area is 299 Å². The fourth-order valence-corrected chi connectivity index (χ4v) is 11.4. The van der Waals surface area contributed by atoms with Gasteiger partial charge in [-0.1, -0.05) is 33.3 Å². The number of aliphatic hydroxyl groups excluding tert-OH is 4. The van der Waals surface area contributed by atoms with Crippen molar-refractivity contribution in [2.24, 2.45) is 28.6 Å². The molecule has 6 fully saturated rings. The minimum Gasteiger partial charge on any atom is -0.467 e. The summed E-state index contributed by atoms with van der Waals surface area (Å²) < 4.78 is 28.6. The van der Waals surface area contributed by atoms with E-state index in [0.29, 0.717) is 56.3 Å². The van der Waals surface area contributed by atoms with Crippen molar-refractivity contribution in [3.8, 4) is 0 Å². The van der Waals surface area contributed by atoms with Crippen LogP contribution < -0.4 is 5.63 Å². The summed E-state index contributed by atoms with van der Waals surface area (Å²) >= 11 is 0. The molecule has 7 rings (SSSR count). The number of aliphatic hydroxyl groups is 5. The van der Waals surface area contributed by atoms with E-state index in [-0.39, 0.29) is 46.0 Å². The first kappa shape index (κ1) is 37.0. The van der Waals surface area contributed by atoms with Crippen molar-refractivity contribution < 1.29 is 53.7 Å². The Balaban J connectivity index is 0.852. The predicted octanol–water partition coefficient (Wildman–Crippen LogP) is 3.45. The van der Waals surface area contributed by atoms with Gasteiger partial charge in [0.05, 0.1) is 42.9 Å². The minimum absolute atomic E-state index is 0.0542. The second-order valence-electron chi connectivity index (χ2n) is 16.9. The van der Waals surface area contributed by atoms with Crippen molar-refractivity contribution in [1.82, 2.24) is 0 Å². The van der Waals surface area contributed by atoms with Crippen molar-refractivity contribution >= 4 is 5.97 Å². The third-order valence-electron chi connectivity index (χ3n) is 14.4. The molecule has 6 aliphatic rings. The molecule has 0 aromatic carbocycles. The number of esters is 1. The van der Waals surface area contributed by atoms with Crippen LogP contribution in [0.15, 0.2) is 39.9 Å². The summed E-state index contributed by atoms with van der Waals surface area (Å²) in [7, 11) is 0. The number of fused-ring (bicyclic) bond motifs is 3. The standard InChI is InChI=1S/C39H56O12/c1-22(49-35-33(44)32(43)31(42)28(20-40)50-35)8-6-4-5-7-17-47-34(45)23-11-14-36(2)25-12-15-37(3)27(24-9-10-30(41)48-21-24)18-29-39(37,51-29)26(25)13-16-38(36,46)19-23/h9-10,21,23,25-29,31-33,35,40,42-44,46H,1,4-8,11-20H2,2-3H3/t23-,25+,26+,27+,28+,29+,31-,32+,33+,35+,36+,37+,38-,39-/m0/s1. The number of hydrogen-bond donors (Lipinski definition) is 5. The van der Waals surface area contributed by atoms with Gasteiger partial charge in [0.15, 0.2) is 0 Å². The molecule has 0 amide bonds. The van der Waals surface area contributed by atoms with Crippen LogP contribution in [0.25, 0.3) is 0 Å². The summed E-state index contributed by atoms with van der Waals surface area (Å²) in [5.41, 5.74) is -0.738. The van der Waals surface area contributed by atoms with E-state index in [1.54, 1.807) is 6.26 Å². The number of allylic oxidation sites excluding steroid dienone is 1. The Kier molecular flexibility index (Phi) is 10.0. The third kappa shape index (κ3) is 6.10. The van der Waals surface area contributed by atoms with Gasteiger partial charge in [-0.3, -0.25) is 4.79 Å². The number of epoxide rings is 1. The molecular weight excluding hydrogens is 660 g/mol. The Morgan fingerprint density at radius 1 is 0.961 bits per heavy atom. The number of rotatable bonds is 12. The van der Waals surface area contributed by atoms with Crippen LogP contribution in [-0.4, -0.2) is 92.7 Å². The molecular formula is C39H56O12. The van der Waals surface area contributed by atoms with Gasteiger partial charge in [-0.05, 0) is 99.0 Å². The van der Waals surface area contributed by atoms with Gasteiger partial charge in [0, 0.05) is 17.9 Å². The van der Waals surface area contributed by atoms with Gasteiger partial charge in [-0.2, -0.15) is 0 Å². The van der Waals surface area contributed by atoms with Gasteiger partial charge >= 0.3 is 11.6 Å². The molecule has 0 unspecified atom stereocenters. The lowest BCUT2D eigenvalue weighted by molar-refractivity contribution is -0.291. The first-order valence-electron chi connectivity index (χ1n) is 19.1. The summed E-state index contributed by atoms with van der Waals surface area (Å²) in [4.78, 5) is 24.9. The molecule has 3 heterocycles. The first-order chi connectivity index (χ1) is 24.3. The SMILES string of the molecule is C=C(CCCCCCOC(=O)[C@H]1CC[C@]2(C)[C@@H]3CC[C@]4(C)[C@@H](c5ccc(=O)oc5)C[C@H]5O[C@@]54[C@@H]3CC[C@]2(O)C1)O[C@@H]1O[C@H](CO)[C@H](O)[C@@H](O)[C@H]1O. The average molecular weight is 717 g/mol. The van der Waals surface area contributed by atoms with E-state index in [4.69, 9.17) is 23.4 Å². The summed E-state index contributed by atoms with van der Waals surface area (Å²) in [5, 5.41) is 51.6. The van der Waals surface area contributed by atoms with Crippen molar-refractivity contribution in [2.45, 2.75) is 151 Å². The van der Waals surface area contributed by atoms with Crippen molar-refractivity contribution in [2.75, 3.05) is 13.2 Å². The highest BCUT2D eigenvalue weighted by Crippen LogP contribution is 2.78. The van der Waals surface area contributed by atoms with Crippen LogP contribution in [0.2, 0.25) is 0 Å². The van der Waals surface area contributed by atoms with Crippen LogP contribution in [0, 0.1) is 28.6 Å². The van der Waals surface area contributed by atoms with E-state index in [9.17, 15) is 35.1 Å². The maximum atomic E-state index is 13.2. The topological polar surface area (TPSA) is 189 Å². The molecule has 4 aliphatic carbocycles. The Hall–Kier alpha value is -2.32. The molecule has 2 saturated heterocycles. The summed E-state index contributed by atoms with van der Waals surface area (Å²) in [5.74, 6) is 0.776. The van der Waals surface area contributed by atoms with E-state index in [1.165, 1.54) is 6.07 Å². The quantitative estimate of drug-likeness (QED) is 0.0919. The molecule has 12 heteroatoms. The molecule has 1 aromatic heterocycles. The van der Waals surface area contributed by atoms with Crippen LogP contribution in [0.1, 0.15) is 109 Å². The molecule has 0 bridgehead atoms. The van der Waals surface area contributed by atoms with Crippen LogP contribution in [0.3, 0.4) is 0 Å². The van der Waals surface area contributed by atoms with Gasteiger partial charge in [0.25, 0.3) is 0 Å². The third-order valence-corrected chi connectivity index (χ3v) is 14.4. The fourth-order valence-electron chi connectivity index (χ4n) is 11.4.